The Morgan fingerprint density at radius 3 is 2.93 bits per heavy atom. The Kier molecular flexibility index (Phi) is 2.99. The molecule has 0 fully saturated rings. The van der Waals surface area contributed by atoms with Crippen molar-refractivity contribution in [1.82, 2.24) is 4.98 Å². The summed E-state index contributed by atoms with van der Waals surface area (Å²) in [7, 11) is 0. The van der Waals surface area contributed by atoms with E-state index in [-0.39, 0.29) is 0 Å². The summed E-state index contributed by atoms with van der Waals surface area (Å²) in [6.07, 6.45) is 2.29. The van der Waals surface area contributed by atoms with E-state index in [1.165, 1.54) is 26.9 Å². The first-order valence-corrected chi connectivity index (χ1v) is 6.51. The molecule has 3 heteroatoms. The van der Waals surface area contributed by atoms with Gasteiger partial charge in [0.1, 0.15) is 0 Å². The van der Waals surface area contributed by atoms with Gasteiger partial charge in [0.15, 0.2) is 0 Å². The fraction of sp³-hybridized carbons (Fsp3) is 0.364. The van der Waals surface area contributed by atoms with Crippen LogP contribution in [0.1, 0.15) is 23.2 Å². The van der Waals surface area contributed by atoms with Gasteiger partial charge in [-0.25, -0.2) is 4.98 Å². The molecular weight excluding hydrogens is 210 g/mol. The van der Waals surface area contributed by atoms with Crippen molar-refractivity contribution in [3.63, 3.8) is 0 Å². The first-order valence-electron chi connectivity index (χ1n) is 4.81. The van der Waals surface area contributed by atoms with Gasteiger partial charge in [-0.1, -0.05) is 13.0 Å². The molecule has 0 bridgehead atoms. The van der Waals surface area contributed by atoms with E-state index in [0.717, 1.165) is 6.42 Å². The second kappa shape index (κ2) is 4.24. The zero-order chi connectivity index (χ0) is 9.97. The van der Waals surface area contributed by atoms with Gasteiger partial charge in [0.05, 0.1) is 15.6 Å². The summed E-state index contributed by atoms with van der Waals surface area (Å²) in [5.74, 6) is 0. The number of nitrogens with zero attached hydrogens (tertiary/aromatic N) is 1. The standard InChI is InChI=1S/C11H13NS2/c1-3-5-10-12-11(8(2)14-10)9-6-4-7-13-9/h4,6-7H,3,5H2,1-2H3. The molecule has 1 nitrogen and oxygen atoms in total. The number of hydrogen-bond acceptors (Lipinski definition) is 3. The van der Waals surface area contributed by atoms with Gasteiger partial charge >= 0.3 is 0 Å². The topological polar surface area (TPSA) is 12.9 Å². The Morgan fingerprint density at radius 2 is 2.29 bits per heavy atom. The SMILES string of the molecule is CCCc1nc(-c2cccs2)c(C)s1. The van der Waals surface area contributed by atoms with E-state index < -0.39 is 0 Å². The van der Waals surface area contributed by atoms with Gasteiger partial charge in [-0.05, 0) is 31.2 Å². The van der Waals surface area contributed by atoms with Crippen LogP contribution in [0.2, 0.25) is 0 Å². The number of aromatic nitrogens is 1. The van der Waals surface area contributed by atoms with Gasteiger partial charge in [0, 0.05) is 4.88 Å². The van der Waals surface area contributed by atoms with E-state index >= 15 is 0 Å². The molecule has 0 saturated heterocycles. The molecule has 0 aliphatic heterocycles. The van der Waals surface area contributed by atoms with Crippen LogP contribution in [0, 0.1) is 6.92 Å². The number of thiazole rings is 1. The van der Waals surface area contributed by atoms with Crippen LogP contribution in [0.5, 0.6) is 0 Å². The van der Waals surface area contributed by atoms with Gasteiger partial charge in [0.25, 0.3) is 0 Å². The van der Waals surface area contributed by atoms with Crippen molar-refractivity contribution in [1.29, 1.82) is 0 Å². The average Bonchev–Trinajstić information content (AvgIpc) is 2.74. The van der Waals surface area contributed by atoms with Crippen molar-refractivity contribution in [2.24, 2.45) is 0 Å². The highest BCUT2D eigenvalue weighted by atomic mass is 32.1. The third-order valence-electron chi connectivity index (χ3n) is 2.06. The molecule has 0 radical (unpaired) electrons. The summed E-state index contributed by atoms with van der Waals surface area (Å²) in [5.41, 5.74) is 1.19. The second-order valence-electron chi connectivity index (χ2n) is 3.24. The van der Waals surface area contributed by atoms with E-state index in [2.05, 4.69) is 36.3 Å². The molecule has 2 heterocycles. The minimum absolute atomic E-state index is 1.11. The largest absolute Gasteiger partial charge is 0.240 e. The molecule has 0 N–H and O–H groups in total. The maximum Gasteiger partial charge on any atom is 0.0943 e. The highest BCUT2D eigenvalue weighted by Crippen LogP contribution is 2.30. The number of aryl methyl sites for hydroxylation is 2. The van der Waals surface area contributed by atoms with Gasteiger partial charge < -0.3 is 0 Å². The first-order chi connectivity index (χ1) is 6.81. The van der Waals surface area contributed by atoms with Gasteiger partial charge in [0.2, 0.25) is 0 Å². The third kappa shape index (κ3) is 1.88. The molecule has 2 rings (SSSR count). The Balaban J connectivity index is 2.35. The highest BCUT2D eigenvalue weighted by Gasteiger charge is 2.09. The second-order valence-corrected chi connectivity index (χ2v) is 5.48. The van der Waals surface area contributed by atoms with Crippen LogP contribution in [0.4, 0.5) is 0 Å². The van der Waals surface area contributed by atoms with Crippen molar-refractivity contribution in [3.8, 4) is 10.6 Å². The van der Waals surface area contributed by atoms with E-state index in [1.54, 1.807) is 11.3 Å². The summed E-state index contributed by atoms with van der Waals surface area (Å²) < 4.78 is 0. The molecule has 0 saturated carbocycles. The van der Waals surface area contributed by atoms with Crippen molar-refractivity contribution < 1.29 is 0 Å². The zero-order valence-electron chi connectivity index (χ0n) is 8.41. The zero-order valence-corrected chi connectivity index (χ0v) is 10.0. The lowest BCUT2D eigenvalue weighted by molar-refractivity contribution is 0.910. The number of rotatable bonds is 3. The van der Waals surface area contributed by atoms with Crippen LogP contribution >= 0.6 is 22.7 Å². The van der Waals surface area contributed by atoms with E-state index in [0.29, 0.717) is 0 Å². The van der Waals surface area contributed by atoms with Crippen molar-refractivity contribution in [2.75, 3.05) is 0 Å². The minimum atomic E-state index is 1.11. The summed E-state index contributed by atoms with van der Waals surface area (Å²) in [6.45, 7) is 4.35. The minimum Gasteiger partial charge on any atom is -0.240 e. The van der Waals surface area contributed by atoms with Gasteiger partial charge in [-0.15, -0.1) is 22.7 Å². The van der Waals surface area contributed by atoms with Crippen LogP contribution in [0.3, 0.4) is 0 Å². The van der Waals surface area contributed by atoms with Crippen LogP contribution < -0.4 is 0 Å². The van der Waals surface area contributed by atoms with E-state index in [9.17, 15) is 0 Å². The quantitative estimate of drug-likeness (QED) is 0.762. The average molecular weight is 223 g/mol. The van der Waals surface area contributed by atoms with E-state index in [4.69, 9.17) is 0 Å². The lowest BCUT2D eigenvalue weighted by Crippen LogP contribution is -1.80. The molecule has 2 aromatic heterocycles. The van der Waals surface area contributed by atoms with E-state index in [1.807, 2.05) is 11.3 Å². The maximum absolute atomic E-state index is 4.67. The molecule has 0 aliphatic carbocycles. The monoisotopic (exact) mass is 223 g/mol. The lowest BCUT2D eigenvalue weighted by atomic mass is 10.3. The number of hydrogen-bond donors (Lipinski definition) is 0. The molecule has 14 heavy (non-hydrogen) atoms. The Morgan fingerprint density at radius 1 is 1.43 bits per heavy atom. The summed E-state index contributed by atoms with van der Waals surface area (Å²) in [4.78, 5) is 7.31. The Labute approximate surface area is 92.4 Å². The van der Waals surface area contributed by atoms with Crippen LogP contribution in [0.25, 0.3) is 10.6 Å². The van der Waals surface area contributed by atoms with Gasteiger partial charge in [-0.3, -0.25) is 0 Å². The van der Waals surface area contributed by atoms with Crippen molar-refractivity contribution >= 4 is 22.7 Å². The molecule has 0 aliphatic rings. The molecule has 74 valence electrons. The predicted octanol–water partition coefficient (Wildman–Crippen LogP) is 4.13. The number of thiophene rings is 1. The summed E-state index contributed by atoms with van der Waals surface area (Å²) in [5, 5.41) is 3.38. The van der Waals surface area contributed by atoms with Gasteiger partial charge in [-0.2, -0.15) is 0 Å². The molecule has 0 spiro atoms. The van der Waals surface area contributed by atoms with Crippen molar-refractivity contribution in [3.05, 3.63) is 27.4 Å². The maximum atomic E-state index is 4.67. The summed E-state index contributed by atoms with van der Waals surface area (Å²) in [6, 6.07) is 4.22. The normalized spacial score (nSPS) is 10.7. The van der Waals surface area contributed by atoms with Crippen LogP contribution in [-0.2, 0) is 6.42 Å². The lowest BCUT2D eigenvalue weighted by Gasteiger charge is -1.90. The molecular formula is C11H13NS2. The molecule has 0 amide bonds. The summed E-state index contributed by atoms with van der Waals surface area (Å²) >= 11 is 3.60. The molecule has 0 aromatic carbocycles. The Hall–Kier alpha value is -0.670. The predicted molar refractivity (Wildman–Crippen MR) is 64.2 cm³/mol. The Bertz CT molecular complexity index is 401. The third-order valence-corrected chi connectivity index (χ3v) is 3.97. The van der Waals surface area contributed by atoms with Crippen LogP contribution in [-0.4, -0.2) is 4.98 Å². The van der Waals surface area contributed by atoms with Crippen molar-refractivity contribution in [2.45, 2.75) is 26.7 Å². The fourth-order valence-electron chi connectivity index (χ4n) is 1.41. The molecule has 2 aromatic rings. The first kappa shape index (κ1) is 9.87. The molecule has 0 atom stereocenters. The highest BCUT2D eigenvalue weighted by molar-refractivity contribution is 7.15. The van der Waals surface area contributed by atoms with Crippen LogP contribution in [0.15, 0.2) is 17.5 Å². The molecule has 0 unspecified atom stereocenters. The smallest absolute Gasteiger partial charge is 0.0943 e. The fourth-order valence-corrected chi connectivity index (χ4v) is 3.30.